The number of nitrogens with one attached hydrogen (secondary N) is 3. The minimum atomic E-state index is -0.122. The highest BCUT2D eigenvalue weighted by molar-refractivity contribution is 5.94. The van der Waals surface area contributed by atoms with E-state index in [-0.39, 0.29) is 11.7 Å². The Morgan fingerprint density at radius 3 is 2.04 bits per heavy atom. The zero-order valence-corrected chi connectivity index (χ0v) is 14.9. The monoisotopic (exact) mass is 362 g/mol. The predicted molar refractivity (Wildman–Crippen MR) is 104 cm³/mol. The van der Waals surface area contributed by atoms with Crippen molar-refractivity contribution in [1.82, 2.24) is 15.2 Å². The van der Waals surface area contributed by atoms with Crippen LogP contribution in [-0.2, 0) is 4.79 Å². The fraction of sp³-hybridized carbons (Fsp3) is 0.105. The highest BCUT2D eigenvalue weighted by atomic mass is 16.1. The Hall–Kier alpha value is -3.81. The van der Waals surface area contributed by atoms with Gasteiger partial charge in [0.1, 0.15) is 0 Å². The summed E-state index contributed by atoms with van der Waals surface area (Å²) in [6.45, 7) is 2.98. The lowest BCUT2D eigenvalue weighted by Gasteiger charge is -2.09. The van der Waals surface area contributed by atoms with Gasteiger partial charge in [0.15, 0.2) is 11.6 Å². The Kier molecular flexibility index (Phi) is 5.36. The van der Waals surface area contributed by atoms with Crippen LogP contribution in [0.1, 0.15) is 24.2 Å². The minimum absolute atomic E-state index is 0.00943. The molecule has 0 atom stereocenters. The predicted octanol–water partition coefficient (Wildman–Crippen LogP) is 3.52. The van der Waals surface area contributed by atoms with E-state index in [1.807, 2.05) is 12.1 Å². The van der Waals surface area contributed by atoms with Gasteiger partial charge in [-0.3, -0.25) is 9.59 Å². The van der Waals surface area contributed by atoms with Gasteiger partial charge in [-0.25, -0.2) is 0 Å². The standard InChI is InChI=1S/C19H18N6O2/c1-12(26)14-3-5-17(6-4-14)23-19-24-18(11-20-25-19)22-16-9-7-15(8-10-16)21-13(2)27/h3-11H,1-2H3,(H,21,27)(H2,22,23,24,25). The molecule has 2 aromatic carbocycles. The first kappa shape index (κ1) is 18.0. The second-order valence-electron chi connectivity index (χ2n) is 5.81. The van der Waals surface area contributed by atoms with Gasteiger partial charge in [0.25, 0.3) is 0 Å². The Morgan fingerprint density at radius 1 is 0.815 bits per heavy atom. The minimum Gasteiger partial charge on any atom is -0.339 e. The summed E-state index contributed by atoms with van der Waals surface area (Å²) < 4.78 is 0. The molecule has 136 valence electrons. The van der Waals surface area contributed by atoms with Crippen molar-refractivity contribution in [2.24, 2.45) is 0 Å². The first-order chi connectivity index (χ1) is 13.0. The van der Waals surface area contributed by atoms with E-state index in [1.54, 1.807) is 36.4 Å². The van der Waals surface area contributed by atoms with Crippen molar-refractivity contribution in [2.45, 2.75) is 13.8 Å². The Balaban J connectivity index is 1.68. The van der Waals surface area contributed by atoms with Gasteiger partial charge in [0.2, 0.25) is 11.9 Å². The summed E-state index contributed by atoms with van der Waals surface area (Å²) in [6, 6.07) is 14.2. The number of carbonyl (C=O) groups is 2. The molecule has 0 spiro atoms. The molecule has 0 saturated heterocycles. The summed E-state index contributed by atoms with van der Waals surface area (Å²) in [7, 11) is 0. The van der Waals surface area contributed by atoms with Crippen LogP contribution in [0.15, 0.2) is 54.7 Å². The molecule has 8 heteroatoms. The van der Waals surface area contributed by atoms with Crippen LogP contribution in [-0.4, -0.2) is 26.9 Å². The van der Waals surface area contributed by atoms with Crippen molar-refractivity contribution in [3.05, 3.63) is 60.3 Å². The van der Waals surface area contributed by atoms with Gasteiger partial charge in [0, 0.05) is 29.5 Å². The average molecular weight is 362 g/mol. The van der Waals surface area contributed by atoms with Gasteiger partial charge in [-0.05, 0) is 55.5 Å². The quantitative estimate of drug-likeness (QED) is 0.576. The normalized spacial score (nSPS) is 10.1. The van der Waals surface area contributed by atoms with Crippen molar-refractivity contribution in [1.29, 1.82) is 0 Å². The van der Waals surface area contributed by atoms with E-state index in [9.17, 15) is 9.59 Å². The van der Waals surface area contributed by atoms with Crippen molar-refractivity contribution < 1.29 is 9.59 Å². The number of benzene rings is 2. The molecule has 0 bridgehead atoms. The highest BCUT2D eigenvalue weighted by Gasteiger charge is 2.04. The van der Waals surface area contributed by atoms with Crippen LogP contribution in [0, 0.1) is 0 Å². The van der Waals surface area contributed by atoms with E-state index >= 15 is 0 Å². The molecule has 3 aromatic rings. The lowest BCUT2D eigenvalue weighted by atomic mass is 10.1. The van der Waals surface area contributed by atoms with Crippen LogP contribution in [0.25, 0.3) is 0 Å². The van der Waals surface area contributed by atoms with Crippen LogP contribution in [0.4, 0.5) is 28.8 Å². The number of ketones is 1. The number of nitrogens with zero attached hydrogens (tertiary/aromatic N) is 3. The third-order valence-electron chi connectivity index (χ3n) is 3.58. The van der Waals surface area contributed by atoms with Crippen LogP contribution < -0.4 is 16.0 Å². The smallest absolute Gasteiger partial charge is 0.249 e. The van der Waals surface area contributed by atoms with E-state index in [2.05, 4.69) is 31.1 Å². The lowest BCUT2D eigenvalue weighted by Crippen LogP contribution is -2.05. The van der Waals surface area contributed by atoms with Crippen LogP contribution in [0.3, 0.4) is 0 Å². The van der Waals surface area contributed by atoms with Crippen molar-refractivity contribution >= 4 is 40.5 Å². The molecule has 3 N–H and O–H groups in total. The number of anilines is 5. The fourth-order valence-electron chi connectivity index (χ4n) is 2.32. The SMILES string of the molecule is CC(=O)Nc1ccc(Nc2cnnc(Nc3ccc(C(C)=O)cc3)n2)cc1. The molecule has 27 heavy (non-hydrogen) atoms. The lowest BCUT2D eigenvalue weighted by molar-refractivity contribution is -0.114. The van der Waals surface area contributed by atoms with E-state index < -0.39 is 0 Å². The molecule has 8 nitrogen and oxygen atoms in total. The number of hydrogen-bond donors (Lipinski definition) is 3. The maximum Gasteiger partial charge on any atom is 0.249 e. The van der Waals surface area contributed by atoms with Crippen molar-refractivity contribution in [3.8, 4) is 0 Å². The molecule has 0 aliphatic heterocycles. The van der Waals surface area contributed by atoms with Gasteiger partial charge in [-0.2, -0.15) is 10.1 Å². The third-order valence-corrected chi connectivity index (χ3v) is 3.58. The molecule has 0 fully saturated rings. The summed E-state index contributed by atoms with van der Waals surface area (Å²) in [4.78, 5) is 26.7. The molecule has 0 aliphatic carbocycles. The topological polar surface area (TPSA) is 109 Å². The van der Waals surface area contributed by atoms with Gasteiger partial charge in [0.05, 0.1) is 6.20 Å². The zero-order valence-electron chi connectivity index (χ0n) is 14.9. The number of rotatable bonds is 6. The summed E-state index contributed by atoms with van der Waals surface area (Å²) >= 11 is 0. The number of amides is 1. The van der Waals surface area contributed by atoms with Crippen LogP contribution in [0.2, 0.25) is 0 Å². The largest absolute Gasteiger partial charge is 0.339 e. The van der Waals surface area contributed by atoms with Gasteiger partial charge >= 0.3 is 0 Å². The number of aromatic nitrogens is 3. The number of Topliss-reactive ketones (excluding diaryl/α,β-unsaturated/α-hetero) is 1. The van der Waals surface area contributed by atoms with E-state index in [0.717, 1.165) is 11.4 Å². The molecule has 0 saturated carbocycles. The Morgan fingerprint density at radius 2 is 1.41 bits per heavy atom. The maximum atomic E-state index is 11.3. The highest BCUT2D eigenvalue weighted by Crippen LogP contribution is 2.19. The van der Waals surface area contributed by atoms with E-state index in [1.165, 1.54) is 20.0 Å². The maximum absolute atomic E-state index is 11.3. The molecule has 0 aliphatic rings. The molecule has 1 aromatic heterocycles. The van der Waals surface area contributed by atoms with Crippen molar-refractivity contribution in [3.63, 3.8) is 0 Å². The summed E-state index contributed by atoms with van der Waals surface area (Å²) in [5.74, 6) is 0.725. The first-order valence-electron chi connectivity index (χ1n) is 8.22. The zero-order chi connectivity index (χ0) is 19.2. The van der Waals surface area contributed by atoms with Crippen LogP contribution in [0.5, 0.6) is 0 Å². The molecule has 1 amide bonds. The van der Waals surface area contributed by atoms with Crippen LogP contribution >= 0.6 is 0 Å². The van der Waals surface area contributed by atoms with Gasteiger partial charge < -0.3 is 16.0 Å². The summed E-state index contributed by atoms with van der Waals surface area (Å²) in [5, 5.41) is 16.8. The molecular formula is C19H18N6O2. The number of carbonyl (C=O) groups excluding carboxylic acids is 2. The second kappa shape index (κ2) is 8.05. The van der Waals surface area contributed by atoms with Crippen molar-refractivity contribution in [2.75, 3.05) is 16.0 Å². The van der Waals surface area contributed by atoms with E-state index in [4.69, 9.17) is 0 Å². The van der Waals surface area contributed by atoms with Gasteiger partial charge in [-0.15, -0.1) is 5.10 Å². The molecule has 0 unspecified atom stereocenters. The number of hydrogen-bond acceptors (Lipinski definition) is 7. The fourth-order valence-corrected chi connectivity index (χ4v) is 2.32. The Labute approximate surface area is 156 Å². The summed E-state index contributed by atoms with van der Waals surface area (Å²) in [5.41, 5.74) is 2.89. The summed E-state index contributed by atoms with van der Waals surface area (Å²) in [6.07, 6.45) is 1.51. The average Bonchev–Trinajstić information content (AvgIpc) is 2.64. The van der Waals surface area contributed by atoms with Gasteiger partial charge in [-0.1, -0.05) is 0 Å². The molecule has 0 radical (unpaired) electrons. The van der Waals surface area contributed by atoms with E-state index in [0.29, 0.717) is 23.0 Å². The molecular weight excluding hydrogens is 344 g/mol. The second-order valence-corrected chi connectivity index (χ2v) is 5.81. The Bertz CT molecular complexity index is 955. The third kappa shape index (κ3) is 5.08. The first-order valence-corrected chi connectivity index (χ1v) is 8.22. The molecule has 1 heterocycles. The molecule has 3 rings (SSSR count).